The van der Waals surface area contributed by atoms with Crippen LogP contribution < -0.4 is 0 Å². The minimum Gasteiger partial charge on any atom is -0.508 e. The van der Waals surface area contributed by atoms with Crippen LogP contribution in [0.25, 0.3) is 12.2 Å². The van der Waals surface area contributed by atoms with E-state index >= 15 is 0 Å². The number of hydrogen-bond donors (Lipinski definition) is 1. The van der Waals surface area contributed by atoms with E-state index in [0.717, 1.165) is 20.9 Å². The van der Waals surface area contributed by atoms with E-state index in [2.05, 4.69) is 0 Å². The lowest BCUT2D eigenvalue weighted by molar-refractivity contribution is 0.474. The third kappa shape index (κ3) is 1.68. The predicted molar refractivity (Wildman–Crippen MR) is 68.2 cm³/mol. The second kappa shape index (κ2) is 3.86. The number of rotatable bonds is 0. The largest absolute Gasteiger partial charge is 0.508 e. The van der Waals surface area contributed by atoms with Gasteiger partial charge in [-0.2, -0.15) is 0 Å². The molecule has 0 fully saturated rings. The van der Waals surface area contributed by atoms with Crippen LogP contribution in [0.2, 0.25) is 0 Å². The van der Waals surface area contributed by atoms with Crippen molar-refractivity contribution in [3.63, 3.8) is 0 Å². The summed E-state index contributed by atoms with van der Waals surface area (Å²) in [6.07, 6.45) is 3.82. The van der Waals surface area contributed by atoms with Gasteiger partial charge in [0, 0.05) is 0 Å². The minimum atomic E-state index is -1.19. The zero-order chi connectivity index (χ0) is 11.8. The van der Waals surface area contributed by atoms with Gasteiger partial charge in [0.15, 0.2) is 0 Å². The number of aromatic hydroxyl groups is 1. The monoisotopic (exact) mass is 242 g/mol. The Morgan fingerprint density at radius 3 is 2.47 bits per heavy atom. The minimum absolute atomic E-state index is 0.191. The van der Waals surface area contributed by atoms with Crippen LogP contribution in [0.4, 0.5) is 0 Å². The van der Waals surface area contributed by atoms with Crippen LogP contribution >= 0.6 is 0 Å². The van der Waals surface area contributed by atoms with Gasteiger partial charge in [-0.25, -0.2) is 4.21 Å². The molecule has 2 nitrogen and oxygen atoms in total. The van der Waals surface area contributed by atoms with Gasteiger partial charge in [-0.3, -0.25) is 0 Å². The van der Waals surface area contributed by atoms with Gasteiger partial charge in [0.2, 0.25) is 0 Å². The summed E-state index contributed by atoms with van der Waals surface area (Å²) in [5.41, 5.74) is 1.76. The maximum absolute atomic E-state index is 12.4. The molecule has 0 amide bonds. The number of benzene rings is 2. The summed E-state index contributed by atoms with van der Waals surface area (Å²) in [5, 5.41) is 9.45. The molecule has 1 aliphatic rings. The summed E-state index contributed by atoms with van der Waals surface area (Å²) in [4.78, 5) is 1.55. The van der Waals surface area contributed by atoms with Gasteiger partial charge in [0.1, 0.15) is 5.75 Å². The van der Waals surface area contributed by atoms with Gasteiger partial charge >= 0.3 is 0 Å². The Bertz CT molecular complexity index is 644. The Morgan fingerprint density at radius 2 is 1.59 bits per heavy atom. The van der Waals surface area contributed by atoms with E-state index in [1.165, 1.54) is 0 Å². The fourth-order valence-electron chi connectivity index (χ4n) is 1.92. The van der Waals surface area contributed by atoms with Gasteiger partial charge in [0.05, 0.1) is 20.6 Å². The van der Waals surface area contributed by atoms with Crippen molar-refractivity contribution in [2.45, 2.75) is 9.79 Å². The molecule has 0 bridgehead atoms. The van der Waals surface area contributed by atoms with Gasteiger partial charge in [-0.15, -0.1) is 0 Å². The summed E-state index contributed by atoms with van der Waals surface area (Å²) in [6, 6.07) is 12.5. The Labute approximate surface area is 102 Å². The number of phenols is 1. The molecule has 2 aromatic rings. The zero-order valence-corrected chi connectivity index (χ0v) is 9.78. The molecule has 0 saturated heterocycles. The summed E-state index contributed by atoms with van der Waals surface area (Å²) < 4.78 is 12.4. The summed E-state index contributed by atoms with van der Waals surface area (Å²) in [7, 11) is -1.19. The van der Waals surface area contributed by atoms with Crippen molar-refractivity contribution in [2.24, 2.45) is 0 Å². The summed E-state index contributed by atoms with van der Waals surface area (Å²) >= 11 is 0. The van der Waals surface area contributed by atoms with Crippen molar-refractivity contribution in [1.29, 1.82) is 0 Å². The van der Waals surface area contributed by atoms with Gasteiger partial charge < -0.3 is 5.11 Å². The van der Waals surface area contributed by atoms with Gasteiger partial charge in [0.25, 0.3) is 0 Å². The van der Waals surface area contributed by atoms with Crippen LogP contribution in [0.15, 0.2) is 52.3 Å². The van der Waals surface area contributed by atoms with Crippen molar-refractivity contribution >= 4 is 23.0 Å². The lowest BCUT2D eigenvalue weighted by Crippen LogP contribution is -1.95. The van der Waals surface area contributed by atoms with E-state index in [9.17, 15) is 9.32 Å². The maximum Gasteiger partial charge on any atom is 0.116 e. The van der Waals surface area contributed by atoms with E-state index in [1.54, 1.807) is 18.2 Å². The quantitative estimate of drug-likeness (QED) is 0.658. The normalized spacial score (nSPS) is 17.1. The molecule has 3 heteroatoms. The van der Waals surface area contributed by atoms with Crippen LogP contribution in [-0.4, -0.2) is 9.32 Å². The third-order valence-electron chi connectivity index (χ3n) is 2.75. The Hall–Kier alpha value is -1.87. The molecular weight excluding hydrogens is 232 g/mol. The van der Waals surface area contributed by atoms with E-state index in [-0.39, 0.29) is 5.75 Å². The first-order valence-corrected chi connectivity index (χ1v) is 6.42. The summed E-state index contributed by atoms with van der Waals surface area (Å²) in [5.74, 6) is 0.191. The molecule has 3 rings (SSSR count). The van der Waals surface area contributed by atoms with Crippen molar-refractivity contribution in [3.05, 3.63) is 53.6 Å². The molecule has 0 radical (unpaired) electrons. The van der Waals surface area contributed by atoms with Crippen molar-refractivity contribution in [2.75, 3.05) is 0 Å². The predicted octanol–water partition coefficient (Wildman–Crippen LogP) is 3.04. The number of phenolic OH excluding ortho intramolecular Hbond substituents is 1. The molecule has 1 heterocycles. The average molecular weight is 242 g/mol. The molecular formula is C14H10O2S. The van der Waals surface area contributed by atoms with Crippen LogP contribution in [0.1, 0.15) is 11.1 Å². The molecule has 17 heavy (non-hydrogen) atoms. The van der Waals surface area contributed by atoms with Crippen molar-refractivity contribution in [1.82, 2.24) is 0 Å². The molecule has 1 aliphatic heterocycles. The molecule has 0 spiro atoms. The first kappa shape index (κ1) is 10.3. The van der Waals surface area contributed by atoms with Crippen LogP contribution in [0.5, 0.6) is 5.75 Å². The molecule has 2 aromatic carbocycles. The topological polar surface area (TPSA) is 37.3 Å². The standard InChI is InChI=1S/C14H10O2S/c15-12-7-8-14-11(9-12)6-5-10-3-1-2-4-13(10)17(14)16/h1-9,15H. The first-order valence-electron chi connectivity index (χ1n) is 5.27. The Morgan fingerprint density at radius 1 is 0.882 bits per heavy atom. The molecule has 1 unspecified atom stereocenters. The van der Waals surface area contributed by atoms with E-state index in [0.29, 0.717) is 0 Å². The van der Waals surface area contributed by atoms with Crippen LogP contribution in [0, 0.1) is 0 Å². The zero-order valence-electron chi connectivity index (χ0n) is 8.96. The fraction of sp³-hybridized carbons (Fsp3) is 0. The van der Waals surface area contributed by atoms with Crippen molar-refractivity contribution < 1.29 is 9.32 Å². The first-order chi connectivity index (χ1) is 8.25. The van der Waals surface area contributed by atoms with Gasteiger partial charge in [-0.05, 0) is 35.4 Å². The highest BCUT2D eigenvalue weighted by Gasteiger charge is 2.16. The second-order valence-corrected chi connectivity index (χ2v) is 5.28. The fourth-order valence-corrected chi connectivity index (χ4v) is 3.24. The Balaban J connectivity index is 2.28. The maximum atomic E-state index is 12.4. The highest BCUT2D eigenvalue weighted by molar-refractivity contribution is 7.85. The lowest BCUT2D eigenvalue weighted by atomic mass is 10.1. The molecule has 1 atom stereocenters. The molecule has 0 aromatic heterocycles. The van der Waals surface area contributed by atoms with E-state index in [4.69, 9.17) is 0 Å². The highest BCUT2D eigenvalue weighted by atomic mass is 32.2. The average Bonchev–Trinajstić information content (AvgIpc) is 2.48. The highest BCUT2D eigenvalue weighted by Crippen LogP contribution is 2.30. The molecule has 0 aliphatic carbocycles. The number of fused-ring (bicyclic) bond motifs is 2. The smallest absolute Gasteiger partial charge is 0.116 e. The van der Waals surface area contributed by atoms with E-state index < -0.39 is 10.8 Å². The third-order valence-corrected chi connectivity index (χ3v) is 4.30. The van der Waals surface area contributed by atoms with Gasteiger partial charge in [-0.1, -0.05) is 30.4 Å². The number of hydrogen-bond acceptors (Lipinski definition) is 2. The van der Waals surface area contributed by atoms with Crippen LogP contribution in [-0.2, 0) is 10.8 Å². The molecule has 0 saturated carbocycles. The van der Waals surface area contributed by atoms with Crippen LogP contribution in [0.3, 0.4) is 0 Å². The van der Waals surface area contributed by atoms with E-state index in [1.807, 2.05) is 36.4 Å². The lowest BCUT2D eigenvalue weighted by Gasteiger charge is -2.05. The molecule has 84 valence electrons. The SMILES string of the molecule is O=S1c2ccccc2C=Cc2cc(O)ccc21. The summed E-state index contributed by atoms with van der Waals surface area (Å²) in [6.45, 7) is 0. The molecule has 1 N–H and O–H groups in total. The van der Waals surface area contributed by atoms with Crippen molar-refractivity contribution in [3.8, 4) is 5.75 Å². The second-order valence-electron chi connectivity index (χ2n) is 3.86. The Kier molecular flexibility index (Phi) is 2.34.